The maximum absolute atomic E-state index is 11.8. The number of guanidine groups is 1. The first-order chi connectivity index (χ1) is 13.4. The summed E-state index contributed by atoms with van der Waals surface area (Å²) >= 11 is 0. The van der Waals surface area contributed by atoms with Crippen LogP contribution in [0.25, 0.3) is 0 Å². The van der Waals surface area contributed by atoms with E-state index in [2.05, 4.69) is 20.5 Å². The van der Waals surface area contributed by atoms with Crippen molar-refractivity contribution in [1.29, 1.82) is 0 Å². The molecule has 2 aliphatic rings. The van der Waals surface area contributed by atoms with E-state index in [1.807, 2.05) is 0 Å². The Morgan fingerprint density at radius 3 is 2.28 bits per heavy atom. The van der Waals surface area contributed by atoms with Gasteiger partial charge < -0.3 is 10.6 Å². The lowest BCUT2D eigenvalue weighted by atomic mass is 9.79. The van der Waals surface area contributed by atoms with Gasteiger partial charge in [-0.05, 0) is 52.1 Å². The third-order valence-corrected chi connectivity index (χ3v) is 8.26. The number of halogens is 1. The fourth-order valence-corrected chi connectivity index (χ4v) is 5.37. The molecular formula is C20H42IN5O2S. The van der Waals surface area contributed by atoms with E-state index in [4.69, 9.17) is 0 Å². The Labute approximate surface area is 195 Å². The van der Waals surface area contributed by atoms with E-state index in [0.29, 0.717) is 13.1 Å². The molecule has 9 heteroatoms. The first-order valence-corrected chi connectivity index (χ1v) is 12.7. The summed E-state index contributed by atoms with van der Waals surface area (Å²) in [6, 6.07) is 0. The Morgan fingerprint density at radius 2 is 1.69 bits per heavy atom. The van der Waals surface area contributed by atoms with Crippen molar-refractivity contribution in [2.24, 2.45) is 4.99 Å². The Morgan fingerprint density at radius 1 is 1.07 bits per heavy atom. The van der Waals surface area contributed by atoms with Crippen molar-refractivity contribution >= 4 is 40.0 Å². The van der Waals surface area contributed by atoms with Gasteiger partial charge in [-0.25, -0.2) is 12.7 Å². The minimum atomic E-state index is -3.10. The van der Waals surface area contributed by atoms with Crippen LogP contribution in [0.2, 0.25) is 0 Å². The lowest BCUT2D eigenvalue weighted by Crippen LogP contribution is -2.59. The first kappa shape index (κ1) is 26.9. The van der Waals surface area contributed by atoms with Crippen molar-refractivity contribution in [2.45, 2.75) is 70.3 Å². The van der Waals surface area contributed by atoms with Gasteiger partial charge in [0.25, 0.3) is 0 Å². The zero-order chi connectivity index (χ0) is 20.5. The zero-order valence-corrected chi connectivity index (χ0v) is 21.7. The number of aliphatic imine (C=N–C) groups is 1. The molecule has 1 heterocycles. The van der Waals surface area contributed by atoms with E-state index < -0.39 is 10.0 Å². The number of piperidine rings is 1. The van der Waals surface area contributed by atoms with Crippen molar-refractivity contribution in [3.05, 3.63) is 0 Å². The average Bonchev–Trinajstić information content (AvgIpc) is 2.74. The van der Waals surface area contributed by atoms with Crippen LogP contribution in [0.5, 0.6) is 0 Å². The molecular weight excluding hydrogens is 501 g/mol. The SMILES string of the molecule is CCS(=O)(=O)N(C)CCCNC(=NC)NCC1(N2CCCCC2)CCCCC1.I. The molecule has 0 spiro atoms. The van der Waals surface area contributed by atoms with Gasteiger partial charge in [-0.2, -0.15) is 0 Å². The van der Waals surface area contributed by atoms with E-state index in [0.717, 1.165) is 18.9 Å². The summed E-state index contributed by atoms with van der Waals surface area (Å²) in [5.74, 6) is 0.974. The highest BCUT2D eigenvalue weighted by atomic mass is 127. The maximum Gasteiger partial charge on any atom is 0.213 e. The highest BCUT2D eigenvalue weighted by Gasteiger charge is 2.38. The molecule has 1 saturated heterocycles. The summed E-state index contributed by atoms with van der Waals surface area (Å²) in [5.41, 5.74) is 0.270. The smallest absolute Gasteiger partial charge is 0.213 e. The standard InChI is InChI=1S/C20H41N5O2S.HI/c1-4-28(26,27)24(3)15-11-14-22-19(21-2)23-18-20(12-7-5-8-13-20)25-16-9-6-10-17-25;/h4-18H2,1-3H3,(H2,21,22,23);1H. The van der Waals surface area contributed by atoms with E-state index in [-0.39, 0.29) is 35.3 Å². The van der Waals surface area contributed by atoms with Gasteiger partial charge in [-0.15, -0.1) is 24.0 Å². The molecule has 1 aliphatic heterocycles. The van der Waals surface area contributed by atoms with Gasteiger partial charge in [0.2, 0.25) is 10.0 Å². The lowest BCUT2D eigenvalue weighted by Gasteiger charge is -2.48. The van der Waals surface area contributed by atoms with Crippen LogP contribution >= 0.6 is 24.0 Å². The average molecular weight is 544 g/mol. The summed E-state index contributed by atoms with van der Waals surface area (Å²) in [5, 5.41) is 6.93. The van der Waals surface area contributed by atoms with Crippen LogP contribution in [0.15, 0.2) is 4.99 Å². The van der Waals surface area contributed by atoms with E-state index >= 15 is 0 Å². The van der Waals surface area contributed by atoms with Crippen molar-refractivity contribution in [3.63, 3.8) is 0 Å². The molecule has 0 aromatic carbocycles. The van der Waals surface area contributed by atoms with Gasteiger partial charge in [0.15, 0.2) is 5.96 Å². The molecule has 0 radical (unpaired) electrons. The predicted molar refractivity (Wildman–Crippen MR) is 133 cm³/mol. The van der Waals surface area contributed by atoms with Crippen LogP contribution in [0.4, 0.5) is 0 Å². The van der Waals surface area contributed by atoms with Crippen LogP contribution < -0.4 is 10.6 Å². The molecule has 0 unspecified atom stereocenters. The third-order valence-electron chi connectivity index (χ3n) is 6.40. The van der Waals surface area contributed by atoms with Gasteiger partial charge >= 0.3 is 0 Å². The topological polar surface area (TPSA) is 77.0 Å². The lowest BCUT2D eigenvalue weighted by molar-refractivity contribution is 0.0368. The monoisotopic (exact) mass is 543 g/mol. The van der Waals surface area contributed by atoms with Crippen molar-refractivity contribution in [1.82, 2.24) is 19.8 Å². The number of nitrogens with zero attached hydrogens (tertiary/aromatic N) is 3. The maximum atomic E-state index is 11.8. The molecule has 172 valence electrons. The summed E-state index contributed by atoms with van der Waals surface area (Å²) in [6.07, 6.45) is 11.3. The van der Waals surface area contributed by atoms with Gasteiger partial charge in [0.1, 0.15) is 0 Å². The van der Waals surface area contributed by atoms with Gasteiger partial charge in [0, 0.05) is 39.3 Å². The molecule has 1 saturated carbocycles. The largest absolute Gasteiger partial charge is 0.356 e. The summed E-state index contributed by atoms with van der Waals surface area (Å²) in [6.45, 7) is 6.31. The molecule has 2 fully saturated rings. The van der Waals surface area contributed by atoms with E-state index in [1.54, 1.807) is 21.0 Å². The Bertz CT molecular complexity index is 588. The number of nitrogens with one attached hydrogen (secondary N) is 2. The quantitative estimate of drug-likeness (QED) is 0.203. The number of likely N-dealkylation sites (tertiary alicyclic amines) is 1. The van der Waals surface area contributed by atoms with Crippen molar-refractivity contribution in [3.8, 4) is 0 Å². The summed E-state index contributed by atoms with van der Waals surface area (Å²) < 4.78 is 25.1. The fraction of sp³-hybridized carbons (Fsp3) is 0.950. The summed E-state index contributed by atoms with van der Waals surface area (Å²) in [7, 11) is 0.358. The molecule has 2 N–H and O–H groups in total. The van der Waals surface area contributed by atoms with Gasteiger partial charge in [-0.3, -0.25) is 9.89 Å². The fourth-order valence-electron chi connectivity index (χ4n) is 4.52. The highest BCUT2D eigenvalue weighted by molar-refractivity contribution is 14.0. The Kier molecular flexibility index (Phi) is 12.4. The van der Waals surface area contributed by atoms with E-state index in [9.17, 15) is 8.42 Å². The molecule has 7 nitrogen and oxygen atoms in total. The van der Waals surface area contributed by atoms with Crippen molar-refractivity contribution < 1.29 is 8.42 Å². The van der Waals surface area contributed by atoms with Crippen LogP contribution in [-0.2, 0) is 10.0 Å². The molecule has 0 aromatic rings. The molecule has 0 bridgehead atoms. The van der Waals surface area contributed by atoms with Crippen molar-refractivity contribution in [2.75, 3.05) is 52.6 Å². The van der Waals surface area contributed by atoms with Crippen LogP contribution in [-0.4, -0.2) is 81.7 Å². The molecule has 1 aliphatic carbocycles. The first-order valence-electron chi connectivity index (χ1n) is 11.1. The number of sulfonamides is 1. The number of rotatable bonds is 9. The second-order valence-corrected chi connectivity index (χ2v) is 10.6. The summed E-state index contributed by atoms with van der Waals surface area (Å²) in [4.78, 5) is 7.11. The van der Waals surface area contributed by atoms with Crippen LogP contribution in [0, 0.1) is 0 Å². The molecule has 0 atom stereocenters. The minimum absolute atomic E-state index is 0. The predicted octanol–water partition coefficient (Wildman–Crippen LogP) is 2.63. The highest BCUT2D eigenvalue weighted by Crippen LogP contribution is 2.35. The molecule has 2 rings (SSSR count). The third kappa shape index (κ3) is 8.14. The molecule has 0 amide bonds. The normalized spacial score (nSPS) is 20.9. The second-order valence-electron chi connectivity index (χ2n) is 8.26. The number of hydrogen-bond acceptors (Lipinski definition) is 4. The number of hydrogen-bond donors (Lipinski definition) is 2. The zero-order valence-electron chi connectivity index (χ0n) is 18.6. The second kappa shape index (κ2) is 13.3. The Balaban J connectivity index is 0.00000420. The molecule has 0 aromatic heterocycles. The van der Waals surface area contributed by atoms with Crippen LogP contribution in [0.3, 0.4) is 0 Å². The van der Waals surface area contributed by atoms with Crippen LogP contribution in [0.1, 0.15) is 64.7 Å². The Hall–Kier alpha value is -0.130. The van der Waals surface area contributed by atoms with Gasteiger partial charge in [0.05, 0.1) is 5.75 Å². The minimum Gasteiger partial charge on any atom is -0.356 e. The van der Waals surface area contributed by atoms with Gasteiger partial charge in [-0.1, -0.05) is 25.7 Å². The van der Waals surface area contributed by atoms with E-state index in [1.165, 1.54) is 68.8 Å². The molecule has 29 heavy (non-hydrogen) atoms.